The van der Waals surface area contributed by atoms with Crippen LogP contribution in [0.2, 0.25) is 0 Å². The predicted octanol–water partition coefficient (Wildman–Crippen LogP) is 6.63. The van der Waals surface area contributed by atoms with Gasteiger partial charge in [0.2, 0.25) is 0 Å². The maximum atomic E-state index is 14.4. The minimum atomic E-state index is -0.692. The second-order valence-corrected chi connectivity index (χ2v) is 13.5. The third-order valence-electron chi connectivity index (χ3n) is 7.87. The molecule has 0 radical (unpaired) electrons. The standard InChI is InChI=1S/C38H36N4O4S2/c1-7-19-45-31-18-15-27(20-24(31)4)34-28(22-41(40-34)29-11-9-8-10-12-29)21-32-36(43)42-35(26-13-16-30(47-6)17-14-26)33(37(44)46-23(2)3)25(5)39-38(42)48-32/h7-18,20-23,35H,1,19H2,2-6H3/b32-21-. The molecule has 244 valence electrons. The van der Waals surface area contributed by atoms with Gasteiger partial charge in [-0.25, -0.2) is 14.5 Å². The Hall–Kier alpha value is -4.93. The number of hydrogen-bond donors (Lipinski definition) is 0. The fourth-order valence-corrected chi connectivity index (χ4v) is 7.09. The summed E-state index contributed by atoms with van der Waals surface area (Å²) < 4.78 is 15.4. The smallest absolute Gasteiger partial charge is 0.338 e. The fourth-order valence-electron chi connectivity index (χ4n) is 5.64. The van der Waals surface area contributed by atoms with E-state index in [2.05, 4.69) is 6.58 Å². The van der Waals surface area contributed by atoms with Crippen molar-refractivity contribution in [3.05, 3.63) is 139 Å². The van der Waals surface area contributed by atoms with Crippen LogP contribution in [0.3, 0.4) is 0 Å². The van der Waals surface area contributed by atoms with Crippen LogP contribution < -0.4 is 19.6 Å². The van der Waals surface area contributed by atoms with Crippen molar-refractivity contribution >= 4 is 35.1 Å². The van der Waals surface area contributed by atoms with Crippen LogP contribution in [-0.2, 0) is 9.53 Å². The lowest BCUT2D eigenvalue weighted by Crippen LogP contribution is -2.40. The number of ether oxygens (including phenoxy) is 2. The Morgan fingerprint density at radius 3 is 2.50 bits per heavy atom. The average Bonchev–Trinajstić information content (AvgIpc) is 3.64. The van der Waals surface area contributed by atoms with Gasteiger partial charge in [0.05, 0.1) is 33.6 Å². The van der Waals surface area contributed by atoms with E-state index >= 15 is 0 Å². The van der Waals surface area contributed by atoms with Gasteiger partial charge >= 0.3 is 5.97 Å². The summed E-state index contributed by atoms with van der Waals surface area (Å²) in [7, 11) is 0. The molecular formula is C38H36N4O4S2. The maximum absolute atomic E-state index is 14.4. The molecule has 0 amide bonds. The average molecular weight is 677 g/mol. The van der Waals surface area contributed by atoms with Gasteiger partial charge in [-0.05, 0) is 93.6 Å². The molecule has 0 aliphatic carbocycles. The highest BCUT2D eigenvalue weighted by Gasteiger charge is 2.34. The zero-order valence-corrected chi connectivity index (χ0v) is 29.1. The number of hydrogen-bond acceptors (Lipinski definition) is 8. The van der Waals surface area contributed by atoms with E-state index in [-0.39, 0.29) is 11.7 Å². The molecule has 8 nitrogen and oxygen atoms in total. The highest BCUT2D eigenvalue weighted by Crippen LogP contribution is 2.33. The monoisotopic (exact) mass is 676 g/mol. The first-order valence-electron chi connectivity index (χ1n) is 15.6. The first-order chi connectivity index (χ1) is 23.2. The number of esters is 1. The van der Waals surface area contributed by atoms with E-state index in [1.165, 1.54) is 11.3 Å². The number of para-hydroxylation sites is 1. The summed E-state index contributed by atoms with van der Waals surface area (Å²) in [5.41, 5.74) is 5.64. The van der Waals surface area contributed by atoms with Crippen molar-refractivity contribution in [3.63, 3.8) is 0 Å². The quantitative estimate of drug-likeness (QED) is 0.0938. The molecule has 6 rings (SSSR count). The van der Waals surface area contributed by atoms with Gasteiger partial charge < -0.3 is 9.47 Å². The molecule has 48 heavy (non-hydrogen) atoms. The third kappa shape index (κ3) is 6.58. The number of nitrogens with zero attached hydrogens (tertiary/aromatic N) is 4. The van der Waals surface area contributed by atoms with E-state index < -0.39 is 12.0 Å². The highest BCUT2D eigenvalue weighted by molar-refractivity contribution is 7.98. The Morgan fingerprint density at radius 1 is 1.08 bits per heavy atom. The number of thioether (sulfide) groups is 1. The van der Waals surface area contributed by atoms with Gasteiger partial charge in [0.1, 0.15) is 18.1 Å². The molecule has 0 saturated heterocycles. The van der Waals surface area contributed by atoms with Crippen LogP contribution in [0.4, 0.5) is 0 Å². The summed E-state index contributed by atoms with van der Waals surface area (Å²) in [5, 5.41) is 4.97. The second kappa shape index (κ2) is 14.0. The van der Waals surface area contributed by atoms with E-state index in [0.29, 0.717) is 32.9 Å². The lowest BCUT2D eigenvalue weighted by molar-refractivity contribution is -0.143. The third-order valence-corrected chi connectivity index (χ3v) is 9.60. The Kier molecular flexibility index (Phi) is 9.66. The molecule has 10 heteroatoms. The van der Waals surface area contributed by atoms with E-state index in [9.17, 15) is 9.59 Å². The van der Waals surface area contributed by atoms with Crippen molar-refractivity contribution in [3.8, 4) is 22.7 Å². The Labute approximate surface area is 287 Å². The zero-order valence-electron chi connectivity index (χ0n) is 27.5. The van der Waals surface area contributed by atoms with E-state index in [1.54, 1.807) is 29.3 Å². The molecule has 2 aromatic heterocycles. The van der Waals surface area contributed by atoms with Crippen molar-refractivity contribution in [2.24, 2.45) is 4.99 Å². The molecule has 1 atom stereocenters. The normalized spacial score (nSPS) is 14.5. The van der Waals surface area contributed by atoms with Crippen molar-refractivity contribution in [1.82, 2.24) is 14.3 Å². The number of thiazole rings is 1. The van der Waals surface area contributed by atoms with Crippen LogP contribution in [-0.4, -0.2) is 39.3 Å². The first-order valence-corrected chi connectivity index (χ1v) is 17.6. The molecule has 1 aliphatic rings. The number of rotatable bonds is 10. The molecule has 0 saturated carbocycles. The molecule has 5 aromatic rings. The number of aryl methyl sites for hydroxylation is 1. The molecular weight excluding hydrogens is 641 g/mol. The van der Waals surface area contributed by atoms with Gasteiger partial charge in [0.25, 0.3) is 5.56 Å². The van der Waals surface area contributed by atoms with Gasteiger partial charge in [-0.2, -0.15) is 5.10 Å². The van der Waals surface area contributed by atoms with Crippen molar-refractivity contribution in [1.29, 1.82) is 0 Å². The Morgan fingerprint density at radius 2 is 1.83 bits per heavy atom. The van der Waals surface area contributed by atoms with E-state index in [1.807, 2.05) is 117 Å². The van der Waals surface area contributed by atoms with E-state index in [4.69, 9.17) is 19.6 Å². The van der Waals surface area contributed by atoms with E-state index in [0.717, 1.165) is 38.6 Å². The molecule has 0 bridgehead atoms. The Balaban J connectivity index is 1.53. The Bertz CT molecular complexity index is 2210. The number of allylic oxidation sites excluding steroid dienone is 1. The highest BCUT2D eigenvalue weighted by atomic mass is 32.2. The zero-order chi connectivity index (χ0) is 33.9. The molecule has 3 heterocycles. The topological polar surface area (TPSA) is 87.7 Å². The summed E-state index contributed by atoms with van der Waals surface area (Å²) in [6, 6.07) is 23.0. The first kappa shape index (κ1) is 33.0. The van der Waals surface area contributed by atoms with Gasteiger partial charge in [0.15, 0.2) is 4.80 Å². The minimum absolute atomic E-state index is 0.247. The predicted molar refractivity (Wildman–Crippen MR) is 193 cm³/mol. The van der Waals surface area contributed by atoms with Gasteiger partial charge in [0, 0.05) is 22.2 Å². The SMILES string of the molecule is C=CCOc1ccc(-c2nn(-c3ccccc3)cc2/C=c2\sc3n(c2=O)C(c2ccc(SC)cc2)C(C(=O)OC(C)C)=C(C)N=3)cc1C. The van der Waals surface area contributed by atoms with Crippen LogP contribution in [0.15, 0.2) is 118 Å². The van der Waals surface area contributed by atoms with Crippen molar-refractivity contribution in [2.45, 2.75) is 44.7 Å². The van der Waals surface area contributed by atoms with Gasteiger partial charge in [-0.15, -0.1) is 11.8 Å². The maximum Gasteiger partial charge on any atom is 0.338 e. The molecule has 0 N–H and O–H groups in total. The number of fused-ring (bicyclic) bond motifs is 1. The lowest BCUT2D eigenvalue weighted by Gasteiger charge is -2.25. The van der Waals surface area contributed by atoms with Crippen LogP contribution >= 0.6 is 23.1 Å². The van der Waals surface area contributed by atoms with Gasteiger partial charge in [-0.1, -0.05) is 54.3 Å². The number of aromatic nitrogens is 3. The van der Waals surface area contributed by atoms with Crippen LogP contribution in [0.25, 0.3) is 23.0 Å². The number of benzene rings is 3. The van der Waals surface area contributed by atoms with Crippen LogP contribution in [0.1, 0.15) is 43.5 Å². The minimum Gasteiger partial charge on any atom is -0.489 e. The lowest BCUT2D eigenvalue weighted by atomic mass is 9.96. The summed E-state index contributed by atoms with van der Waals surface area (Å²) >= 11 is 2.92. The van der Waals surface area contributed by atoms with Crippen LogP contribution in [0.5, 0.6) is 5.75 Å². The molecule has 0 fully saturated rings. The summed E-state index contributed by atoms with van der Waals surface area (Å²) in [4.78, 5) is 34.3. The summed E-state index contributed by atoms with van der Waals surface area (Å²) in [6.07, 6.45) is 7.18. The van der Waals surface area contributed by atoms with Crippen LogP contribution in [0, 0.1) is 6.92 Å². The summed E-state index contributed by atoms with van der Waals surface area (Å²) in [6.45, 7) is 11.6. The molecule has 1 unspecified atom stereocenters. The van der Waals surface area contributed by atoms with Gasteiger partial charge in [-0.3, -0.25) is 9.36 Å². The molecule has 3 aromatic carbocycles. The molecule has 0 spiro atoms. The molecule has 1 aliphatic heterocycles. The number of carbonyl (C=O) groups excluding carboxylic acids is 1. The fraction of sp³-hybridized carbons (Fsp3) is 0.211. The number of carbonyl (C=O) groups is 1. The second-order valence-electron chi connectivity index (χ2n) is 11.6. The van der Waals surface area contributed by atoms with Crippen molar-refractivity contribution in [2.75, 3.05) is 12.9 Å². The summed E-state index contributed by atoms with van der Waals surface area (Å²) in [5.74, 6) is 0.283. The van der Waals surface area contributed by atoms with Crippen molar-refractivity contribution < 1.29 is 14.3 Å². The largest absolute Gasteiger partial charge is 0.489 e.